The quantitative estimate of drug-likeness (QED) is 0.771. The first-order chi connectivity index (χ1) is 7.90. The van der Waals surface area contributed by atoms with Crippen molar-refractivity contribution in [1.82, 2.24) is 15.1 Å². The summed E-state index contributed by atoms with van der Waals surface area (Å²) in [6, 6.07) is 0.458. The molecule has 86 valence electrons. The van der Waals surface area contributed by atoms with Crippen molar-refractivity contribution in [1.29, 1.82) is 0 Å². The van der Waals surface area contributed by atoms with Crippen LogP contribution in [0.5, 0.6) is 0 Å². The lowest BCUT2D eigenvalue weighted by atomic mass is 9.95. The molecule has 1 fully saturated rings. The maximum absolute atomic E-state index is 11.2. The van der Waals surface area contributed by atoms with E-state index in [1.807, 2.05) is 4.68 Å². The van der Waals surface area contributed by atoms with Crippen molar-refractivity contribution in [3.63, 3.8) is 0 Å². The third-order valence-corrected chi connectivity index (χ3v) is 3.76. The van der Waals surface area contributed by atoms with Gasteiger partial charge in [-0.1, -0.05) is 19.3 Å². The molecule has 1 saturated carbocycles. The minimum atomic E-state index is 0.458. The summed E-state index contributed by atoms with van der Waals surface area (Å²) in [6.45, 7) is 1.62. The lowest BCUT2D eigenvalue weighted by Crippen LogP contribution is -2.18. The predicted octanol–water partition coefficient (Wildman–Crippen LogP) is 1.80. The Morgan fingerprint density at radius 3 is 2.81 bits per heavy atom. The van der Waals surface area contributed by atoms with E-state index in [9.17, 15) is 4.79 Å². The highest BCUT2D eigenvalue weighted by Gasteiger charge is 2.26. The Bertz CT molecular complexity index is 405. The van der Waals surface area contributed by atoms with Gasteiger partial charge in [-0.25, -0.2) is 0 Å². The molecule has 4 nitrogen and oxygen atoms in total. The van der Waals surface area contributed by atoms with E-state index in [1.165, 1.54) is 32.1 Å². The summed E-state index contributed by atoms with van der Waals surface area (Å²) in [5.74, 6) is 0. The van der Waals surface area contributed by atoms with Crippen LogP contribution < -0.4 is 5.32 Å². The highest BCUT2D eigenvalue weighted by atomic mass is 16.1. The highest BCUT2D eigenvalue weighted by Crippen LogP contribution is 2.30. The molecule has 16 heavy (non-hydrogen) atoms. The van der Waals surface area contributed by atoms with Crippen LogP contribution in [0.15, 0.2) is 0 Å². The number of hydrogen-bond acceptors (Lipinski definition) is 3. The maximum atomic E-state index is 11.2. The zero-order valence-corrected chi connectivity index (χ0v) is 9.41. The van der Waals surface area contributed by atoms with Gasteiger partial charge in [0.1, 0.15) is 5.69 Å². The lowest BCUT2D eigenvalue weighted by Gasteiger charge is -2.23. The number of carbonyl (C=O) groups excluding carboxylic acids is 1. The number of hydrogen-bond donors (Lipinski definition) is 1. The smallest absolute Gasteiger partial charge is 0.168 e. The van der Waals surface area contributed by atoms with E-state index in [0.717, 1.165) is 36.3 Å². The molecule has 1 aromatic rings. The Balaban J connectivity index is 1.96. The Kier molecular flexibility index (Phi) is 2.52. The third-order valence-electron chi connectivity index (χ3n) is 3.76. The minimum Gasteiger partial charge on any atom is -0.307 e. The van der Waals surface area contributed by atoms with E-state index < -0.39 is 0 Å². The third kappa shape index (κ3) is 1.48. The van der Waals surface area contributed by atoms with Crippen LogP contribution in [0.1, 0.15) is 59.9 Å². The number of carbonyl (C=O) groups is 1. The summed E-state index contributed by atoms with van der Waals surface area (Å²) in [5.41, 5.74) is 3.01. The van der Waals surface area contributed by atoms with E-state index in [4.69, 9.17) is 0 Å². The lowest BCUT2D eigenvalue weighted by molar-refractivity contribution is 0.110. The van der Waals surface area contributed by atoms with Crippen molar-refractivity contribution in [2.24, 2.45) is 0 Å². The summed E-state index contributed by atoms with van der Waals surface area (Å²) >= 11 is 0. The van der Waals surface area contributed by atoms with E-state index in [2.05, 4.69) is 10.4 Å². The van der Waals surface area contributed by atoms with Gasteiger partial charge in [0.25, 0.3) is 0 Å². The molecule has 0 amide bonds. The zero-order chi connectivity index (χ0) is 11.0. The predicted molar refractivity (Wildman–Crippen MR) is 60.3 cm³/mol. The fourth-order valence-electron chi connectivity index (χ4n) is 2.90. The van der Waals surface area contributed by atoms with Gasteiger partial charge < -0.3 is 5.32 Å². The van der Waals surface area contributed by atoms with Crippen LogP contribution in [0.4, 0.5) is 0 Å². The largest absolute Gasteiger partial charge is 0.307 e. The number of nitrogens with zero attached hydrogens (tertiary/aromatic N) is 2. The fraction of sp³-hybridized carbons (Fsp3) is 0.667. The molecule has 1 aliphatic heterocycles. The van der Waals surface area contributed by atoms with E-state index in [0.29, 0.717) is 6.04 Å². The van der Waals surface area contributed by atoms with Gasteiger partial charge in [-0.05, 0) is 12.8 Å². The first-order valence-corrected chi connectivity index (χ1v) is 6.16. The standard InChI is InChI=1S/C12H17N3O/c16-8-12-10-6-13-7-11(10)14-15(12)9-4-2-1-3-5-9/h8-9,13H,1-7H2. The van der Waals surface area contributed by atoms with Gasteiger partial charge in [-0.15, -0.1) is 0 Å². The van der Waals surface area contributed by atoms with Crippen LogP contribution in [0, 0.1) is 0 Å². The van der Waals surface area contributed by atoms with Gasteiger partial charge in [0.15, 0.2) is 6.29 Å². The van der Waals surface area contributed by atoms with Crippen LogP contribution in [0.25, 0.3) is 0 Å². The summed E-state index contributed by atoms with van der Waals surface area (Å²) in [6.07, 6.45) is 7.20. The minimum absolute atomic E-state index is 0.458. The van der Waals surface area contributed by atoms with E-state index in [-0.39, 0.29) is 0 Å². The molecule has 1 aromatic heterocycles. The second-order valence-corrected chi connectivity index (χ2v) is 4.77. The number of fused-ring (bicyclic) bond motifs is 1. The molecule has 0 aromatic carbocycles. The maximum Gasteiger partial charge on any atom is 0.168 e. The normalized spacial score (nSPS) is 21.0. The highest BCUT2D eigenvalue weighted by molar-refractivity contribution is 5.75. The molecule has 0 spiro atoms. The molecule has 2 heterocycles. The molecule has 2 aliphatic rings. The summed E-state index contributed by atoms with van der Waals surface area (Å²) in [4.78, 5) is 11.2. The molecule has 0 atom stereocenters. The van der Waals surface area contributed by atoms with Gasteiger partial charge in [-0.3, -0.25) is 9.48 Å². The number of aromatic nitrogens is 2. The monoisotopic (exact) mass is 219 g/mol. The first kappa shape index (κ1) is 10.0. The Hall–Kier alpha value is -1.16. The number of aldehydes is 1. The van der Waals surface area contributed by atoms with Crippen molar-refractivity contribution in [2.45, 2.75) is 51.2 Å². The molecular weight excluding hydrogens is 202 g/mol. The van der Waals surface area contributed by atoms with Gasteiger partial charge in [-0.2, -0.15) is 5.10 Å². The van der Waals surface area contributed by atoms with Crippen LogP contribution in [0.3, 0.4) is 0 Å². The molecular formula is C12H17N3O. The van der Waals surface area contributed by atoms with Gasteiger partial charge in [0, 0.05) is 18.7 Å². The molecule has 1 N–H and O–H groups in total. The first-order valence-electron chi connectivity index (χ1n) is 6.16. The number of nitrogens with one attached hydrogen (secondary N) is 1. The molecule has 0 radical (unpaired) electrons. The van der Waals surface area contributed by atoms with Crippen molar-refractivity contribution in [2.75, 3.05) is 0 Å². The van der Waals surface area contributed by atoms with E-state index >= 15 is 0 Å². The summed E-state index contributed by atoms with van der Waals surface area (Å²) in [7, 11) is 0. The Labute approximate surface area is 95.0 Å². The molecule has 4 heteroatoms. The molecule has 1 aliphatic carbocycles. The van der Waals surface area contributed by atoms with Crippen LogP contribution in [0.2, 0.25) is 0 Å². The zero-order valence-electron chi connectivity index (χ0n) is 9.41. The van der Waals surface area contributed by atoms with Crippen LogP contribution >= 0.6 is 0 Å². The topological polar surface area (TPSA) is 46.9 Å². The average molecular weight is 219 g/mol. The van der Waals surface area contributed by atoms with Gasteiger partial charge >= 0.3 is 0 Å². The molecule has 3 rings (SSSR count). The summed E-state index contributed by atoms with van der Waals surface area (Å²) < 4.78 is 2.00. The number of rotatable bonds is 2. The second kappa shape index (κ2) is 4.01. The van der Waals surface area contributed by atoms with Crippen LogP contribution in [-0.2, 0) is 13.1 Å². The Morgan fingerprint density at radius 1 is 1.25 bits per heavy atom. The van der Waals surface area contributed by atoms with E-state index in [1.54, 1.807) is 0 Å². The Morgan fingerprint density at radius 2 is 2.06 bits per heavy atom. The van der Waals surface area contributed by atoms with Crippen molar-refractivity contribution in [3.8, 4) is 0 Å². The fourth-order valence-corrected chi connectivity index (χ4v) is 2.90. The van der Waals surface area contributed by atoms with Crippen molar-refractivity contribution >= 4 is 6.29 Å². The molecule has 0 saturated heterocycles. The van der Waals surface area contributed by atoms with Crippen LogP contribution in [-0.4, -0.2) is 16.1 Å². The van der Waals surface area contributed by atoms with Crippen molar-refractivity contribution in [3.05, 3.63) is 17.0 Å². The second-order valence-electron chi connectivity index (χ2n) is 4.77. The SMILES string of the molecule is O=Cc1c2c(nn1C1CCCCC1)CNC2. The van der Waals surface area contributed by atoms with Gasteiger partial charge in [0.05, 0.1) is 11.7 Å². The van der Waals surface area contributed by atoms with Crippen molar-refractivity contribution < 1.29 is 4.79 Å². The molecule has 0 unspecified atom stereocenters. The summed E-state index contributed by atoms with van der Waals surface area (Å²) in [5, 5.41) is 7.85. The molecule has 0 bridgehead atoms. The average Bonchev–Trinajstić information content (AvgIpc) is 2.89. The van der Waals surface area contributed by atoms with Gasteiger partial charge in [0.2, 0.25) is 0 Å².